The molecule has 3 aromatic rings. The van der Waals surface area contributed by atoms with Crippen LogP contribution in [0.3, 0.4) is 0 Å². The number of nitrogens with zero attached hydrogens (tertiary/aromatic N) is 3. The first-order valence-electron chi connectivity index (χ1n) is 13.1. The van der Waals surface area contributed by atoms with Gasteiger partial charge in [-0.15, -0.1) is 0 Å². The quantitative estimate of drug-likeness (QED) is 0.418. The van der Waals surface area contributed by atoms with E-state index in [1.807, 2.05) is 24.8 Å². The van der Waals surface area contributed by atoms with Gasteiger partial charge < -0.3 is 20.0 Å². The third kappa shape index (κ3) is 6.75. The lowest BCUT2D eigenvalue weighted by Gasteiger charge is -2.28. The highest BCUT2D eigenvalue weighted by Crippen LogP contribution is 2.28. The van der Waals surface area contributed by atoms with E-state index in [2.05, 4.69) is 10.2 Å². The summed E-state index contributed by atoms with van der Waals surface area (Å²) in [6.07, 6.45) is 0.737. The molecule has 1 aliphatic heterocycles. The number of anilines is 2. The maximum absolute atomic E-state index is 13.6. The number of nitrogens with one attached hydrogen (secondary N) is 1. The number of hydrogen-bond donors (Lipinski definition) is 1. The first kappa shape index (κ1) is 28.1. The first-order chi connectivity index (χ1) is 18.8. The molecule has 1 saturated heterocycles. The third-order valence-corrected chi connectivity index (χ3v) is 7.11. The van der Waals surface area contributed by atoms with Gasteiger partial charge in [-0.25, -0.2) is 4.39 Å². The fraction of sp³-hybridized carbons (Fsp3) is 0.300. The van der Waals surface area contributed by atoms with Crippen LogP contribution in [0.25, 0.3) is 0 Å². The van der Waals surface area contributed by atoms with Crippen molar-refractivity contribution in [3.05, 3.63) is 94.3 Å². The molecule has 1 fully saturated rings. The van der Waals surface area contributed by atoms with Gasteiger partial charge in [0.25, 0.3) is 17.7 Å². The van der Waals surface area contributed by atoms with E-state index in [1.54, 1.807) is 41.3 Å². The Labute approximate surface area is 233 Å². The molecule has 39 heavy (non-hydrogen) atoms. The topological polar surface area (TPSA) is 73.0 Å². The molecule has 0 saturated carbocycles. The van der Waals surface area contributed by atoms with Crippen molar-refractivity contribution in [1.29, 1.82) is 0 Å². The number of hydrogen-bond acceptors (Lipinski definition) is 4. The second-order valence-electron chi connectivity index (χ2n) is 9.31. The van der Waals surface area contributed by atoms with Gasteiger partial charge >= 0.3 is 0 Å². The number of carbonyl (C=O) groups is 3. The van der Waals surface area contributed by atoms with Crippen molar-refractivity contribution in [2.45, 2.75) is 20.3 Å². The SMILES string of the molecule is CCN(CC)C(=O)c1cc(NC(=O)c2ccc(F)cc2)ccc1N1CCCN(C(=O)c2ccc(Cl)cc2)CC1. The van der Waals surface area contributed by atoms with E-state index in [-0.39, 0.29) is 11.8 Å². The van der Waals surface area contributed by atoms with Crippen LogP contribution in [0, 0.1) is 5.82 Å². The van der Waals surface area contributed by atoms with Gasteiger partial charge in [0.15, 0.2) is 0 Å². The average Bonchev–Trinajstić information content (AvgIpc) is 3.20. The van der Waals surface area contributed by atoms with Crippen molar-refractivity contribution in [3.63, 3.8) is 0 Å². The Balaban J connectivity index is 1.57. The van der Waals surface area contributed by atoms with Crippen LogP contribution in [0.15, 0.2) is 66.7 Å². The Kier molecular flexibility index (Phi) is 9.19. The van der Waals surface area contributed by atoms with Crippen LogP contribution < -0.4 is 10.2 Å². The van der Waals surface area contributed by atoms with E-state index >= 15 is 0 Å². The predicted octanol–water partition coefficient (Wildman–Crippen LogP) is 5.57. The summed E-state index contributed by atoms with van der Waals surface area (Å²) in [7, 11) is 0. The molecule has 9 heteroatoms. The fourth-order valence-corrected chi connectivity index (χ4v) is 4.81. The van der Waals surface area contributed by atoms with Crippen LogP contribution in [0.5, 0.6) is 0 Å². The van der Waals surface area contributed by atoms with E-state index in [1.165, 1.54) is 24.3 Å². The molecule has 3 amide bonds. The van der Waals surface area contributed by atoms with E-state index in [4.69, 9.17) is 11.6 Å². The Morgan fingerprint density at radius 3 is 2.21 bits per heavy atom. The lowest BCUT2D eigenvalue weighted by Crippen LogP contribution is -2.36. The molecule has 4 rings (SSSR count). The van der Waals surface area contributed by atoms with Gasteiger partial charge in [-0.2, -0.15) is 0 Å². The maximum atomic E-state index is 13.6. The number of amides is 3. The Morgan fingerprint density at radius 1 is 0.872 bits per heavy atom. The monoisotopic (exact) mass is 550 g/mol. The van der Waals surface area contributed by atoms with Crippen LogP contribution in [0.2, 0.25) is 5.02 Å². The predicted molar refractivity (Wildman–Crippen MR) is 152 cm³/mol. The standard InChI is InChI=1S/C30H32ClFN4O3/c1-3-34(4-2)30(39)26-20-25(33-28(37)21-8-12-24(32)13-9-21)14-15-27(26)35-16-5-17-36(19-18-35)29(38)22-6-10-23(31)11-7-22/h6-15,20H,3-5,16-19H2,1-2H3,(H,33,37). The summed E-state index contributed by atoms with van der Waals surface area (Å²) in [5.41, 5.74) is 2.61. The Bertz CT molecular complexity index is 1330. The Hall–Kier alpha value is -3.91. The van der Waals surface area contributed by atoms with E-state index in [0.717, 1.165) is 12.1 Å². The summed E-state index contributed by atoms with van der Waals surface area (Å²) in [5.74, 6) is -0.998. The average molecular weight is 551 g/mol. The van der Waals surface area contributed by atoms with Gasteiger partial charge in [-0.05, 0) is 87.0 Å². The minimum atomic E-state index is -0.422. The molecule has 0 unspecified atom stereocenters. The zero-order chi connectivity index (χ0) is 27.9. The molecule has 204 valence electrons. The smallest absolute Gasteiger partial charge is 0.256 e. The zero-order valence-electron chi connectivity index (χ0n) is 22.1. The molecule has 1 N–H and O–H groups in total. The molecular formula is C30H32ClFN4O3. The maximum Gasteiger partial charge on any atom is 0.256 e. The summed E-state index contributed by atoms with van der Waals surface area (Å²) in [6.45, 7) is 7.27. The summed E-state index contributed by atoms with van der Waals surface area (Å²) in [4.78, 5) is 45.1. The fourth-order valence-electron chi connectivity index (χ4n) is 4.68. The molecule has 1 heterocycles. The highest BCUT2D eigenvalue weighted by molar-refractivity contribution is 6.30. The van der Waals surface area contributed by atoms with Gasteiger partial charge in [0.05, 0.1) is 5.56 Å². The van der Waals surface area contributed by atoms with Crippen LogP contribution in [-0.2, 0) is 0 Å². The molecule has 1 aliphatic rings. The molecule has 0 aromatic heterocycles. The molecule has 0 bridgehead atoms. The third-order valence-electron chi connectivity index (χ3n) is 6.86. The van der Waals surface area contributed by atoms with E-state index in [0.29, 0.717) is 66.7 Å². The Morgan fingerprint density at radius 2 is 1.54 bits per heavy atom. The lowest BCUT2D eigenvalue weighted by atomic mass is 10.1. The van der Waals surface area contributed by atoms with Gasteiger partial charge in [-0.3, -0.25) is 14.4 Å². The van der Waals surface area contributed by atoms with Crippen LogP contribution in [0.4, 0.5) is 15.8 Å². The highest BCUT2D eigenvalue weighted by atomic mass is 35.5. The van der Waals surface area contributed by atoms with E-state index in [9.17, 15) is 18.8 Å². The van der Waals surface area contributed by atoms with E-state index < -0.39 is 11.7 Å². The molecule has 0 radical (unpaired) electrons. The van der Waals surface area contributed by atoms with Gasteiger partial charge in [0, 0.05) is 66.8 Å². The summed E-state index contributed by atoms with van der Waals surface area (Å²) >= 11 is 5.98. The van der Waals surface area contributed by atoms with Gasteiger partial charge in [0.2, 0.25) is 0 Å². The number of halogens is 2. The van der Waals surface area contributed by atoms with Gasteiger partial charge in [0.1, 0.15) is 5.82 Å². The molecule has 0 atom stereocenters. The zero-order valence-corrected chi connectivity index (χ0v) is 22.9. The van der Waals surface area contributed by atoms with Gasteiger partial charge in [-0.1, -0.05) is 11.6 Å². The molecule has 7 nitrogen and oxygen atoms in total. The molecular weight excluding hydrogens is 519 g/mol. The molecule has 0 aliphatic carbocycles. The normalized spacial score (nSPS) is 13.5. The lowest BCUT2D eigenvalue weighted by molar-refractivity contribution is 0.0760. The molecule has 3 aromatic carbocycles. The summed E-state index contributed by atoms with van der Waals surface area (Å²) in [6, 6.07) is 17.5. The number of rotatable bonds is 7. The van der Waals surface area contributed by atoms with Crippen molar-refractivity contribution in [1.82, 2.24) is 9.80 Å². The van der Waals surface area contributed by atoms with Crippen molar-refractivity contribution in [2.24, 2.45) is 0 Å². The highest BCUT2D eigenvalue weighted by Gasteiger charge is 2.25. The molecule has 0 spiro atoms. The van der Waals surface area contributed by atoms with Crippen molar-refractivity contribution in [3.8, 4) is 0 Å². The second kappa shape index (κ2) is 12.8. The van der Waals surface area contributed by atoms with Crippen molar-refractivity contribution >= 4 is 40.7 Å². The van der Waals surface area contributed by atoms with Crippen LogP contribution >= 0.6 is 11.6 Å². The number of carbonyl (C=O) groups excluding carboxylic acids is 3. The number of benzene rings is 3. The van der Waals surface area contributed by atoms with Crippen molar-refractivity contribution in [2.75, 3.05) is 49.5 Å². The summed E-state index contributed by atoms with van der Waals surface area (Å²) in [5, 5.41) is 3.40. The van der Waals surface area contributed by atoms with Crippen molar-refractivity contribution < 1.29 is 18.8 Å². The van der Waals surface area contributed by atoms with Crippen LogP contribution in [-0.4, -0.2) is 66.8 Å². The first-order valence-corrected chi connectivity index (χ1v) is 13.5. The van der Waals surface area contributed by atoms with Crippen LogP contribution in [0.1, 0.15) is 51.3 Å². The second-order valence-corrected chi connectivity index (χ2v) is 9.75. The largest absolute Gasteiger partial charge is 0.369 e. The minimum absolute atomic E-state index is 0.0492. The summed E-state index contributed by atoms with van der Waals surface area (Å²) < 4.78 is 13.3. The minimum Gasteiger partial charge on any atom is -0.369 e.